The number of nitrogens with one attached hydrogen (secondary N) is 2. The van der Waals surface area contributed by atoms with Crippen molar-refractivity contribution in [3.63, 3.8) is 0 Å². The van der Waals surface area contributed by atoms with Crippen LogP contribution < -0.4 is 10.6 Å². The molecule has 0 aliphatic heterocycles. The molecular formula is C18H22N4O. The first-order valence-electron chi connectivity index (χ1n) is 8.22. The minimum atomic E-state index is -0.0773. The molecule has 1 aromatic heterocycles. The topological polar surface area (TPSA) is 66.9 Å². The van der Waals surface area contributed by atoms with E-state index in [9.17, 15) is 4.79 Å². The molecule has 23 heavy (non-hydrogen) atoms. The van der Waals surface area contributed by atoms with Gasteiger partial charge in [0.15, 0.2) is 0 Å². The minimum absolute atomic E-state index is 0.0773. The van der Waals surface area contributed by atoms with Crippen LogP contribution in [0.5, 0.6) is 0 Å². The number of rotatable bonds is 5. The number of amides is 1. The van der Waals surface area contributed by atoms with Crippen LogP contribution in [0.4, 0.5) is 5.95 Å². The van der Waals surface area contributed by atoms with E-state index in [-0.39, 0.29) is 5.91 Å². The highest BCUT2D eigenvalue weighted by molar-refractivity contribution is 5.93. The first kappa shape index (κ1) is 15.5. The van der Waals surface area contributed by atoms with Crippen LogP contribution in [-0.2, 0) is 6.54 Å². The molecular weight excluding hydrogens is 288 g/mol. The van der Waals surface area contributed by atoms with E-state index in [1.807, 2.05) is 30.3 Å². The summed E-state index contributed by atoms with van der Waals surface area (Å²) >= 11 is 0. The maximum atomic E-state index is 12.2. The second kappa shape index (κ2) is 7.72. The van der Waals surface area contributed by atoms with Gasteiger partial charge in [-0.15, -0.1) is 0 Å². The number of carbonyl (C=O) groups excluding carboxylic acids is 1. The predicted molar refractivity (Wildman–Crippen MR) is 90.1 cm³/mol. The lowest BCUT2D eigenvalue weighted by atomic mass is 9.95. The summed E-state index contributed by atoms with van der Waals surface area (Å²) < 4.78 is 0. The number of hydrogen-bond acceptors (Lipinski definition) is 4. The van der Waals surface area contributed by atoms with Crippen LogP contribution in [0.2, 0.25) is 0 Å². The SMILES string of the molecule is O=C(NC1CCCCC1)c1cnc(NCc2ccccc2)nc1. The zero-order chi connectivity index (χ0) is 15.9. The van der Waals surface area contributed by atoms with Crippen LogP contribution in [0, 0.1) is 0 Å². The van der Waals surface area contributed by atoms with Crippen molar-refractivity contribution in [2.24, 2.45) is 0 Å². The molecule has 5 heteroatoms. The molecule has 1 amide bonds. The molecule has 1 heterocycles. The number of nitrogens with zero attached hydrogens (tertiary/aromatic N) is 2. The summed E-state index contributed by atoms with van der Waals surface area (Å²) in [7, 11) is 0. The van der Waals surface area contributed by atoms with Gasteiger partial charge >= 0.3 is 0 Å². The van der Waals surface area contributed by atoms with E-state index in [2.05, 4.69) is 20.6 Å². The third-order valence-corrected chi connectivity index (χ3v) is 4.15. The van der Waals surface area contributed by atoms with Gasteiger partial charge in [-0.2, -0.15) is 0 Å². The van der Waals surface area contributed by atoms with E-state index in [1.54, 1.807) is 12.4 Å². The van der Waals surface area contributed by atoms with Crippen molar-refractivity contribution >= 4 is 11.9 Å². The molecule has 0 radical (unpaired) electrons. The molecule has 5 nitrogen and oxygen atoms in total. The average molecular weight is 310 g/mol. The molecule has 2 N–H and O–H groups in total. The Labute approximate surface area is 136 Å². The fraction of sp³-hybridized carbons (Fsp3) is 0.389. The Balaban J connectivity index is 1.52. The minimum Gasteiger partial charge on any atom is -0.350 e. The van der Waals surface area contributed by atoms with E-state index in [0.717, 1.165) is 18.4 Å². The van der Waals surface area contributed by atoms with E-state index in [0.29, 0.717) is 24.1 Å². The van der Waals surface area contributed by atoms with Gasteiger partial charge < -0.3 is 10.6 Å². The molecule has 1 aromatic carbocycles. The van der Waals surface area contributed by atoms with Gasteiger partial charge in [0.05, 0.1) is 5.56 Å². The lowest BCUT2D eigenvalue weighted by Crippen LogP contribution is -2.36. The largest absolute Gasteiger partial charge is 0.350 e. The van der Waals surface area contributed by atoms with Crippen molar-refractivity contribution in [2.75, 3.05) is 5.32 Å². The quantitative estimate of drug-likeness (QED) is 0.890. The highest BCUT2D eigenvalue weighted by atomic mass is 16.1. The normalized spacial score (nSPS) is 15.1. The molecule has 1 aliphatic carbocycles. The van der Waals surface area contributed by atoms with Gasteiger partial charge in [0.25, 0.3) is 5.91 Å². The first-order valence-corrected chi connectivity index (χ1v) is 8.22. The summed E-state index contributed by atoms with van der Waals surface area (Å²) in [4.78, 5) is 20.6. The summed E-state index contributed by atoms with van der Waals surface area (Å²) in [5.74, 6) is 0.453. The third-order valence-electron chi connectivity index (χ3n) is 4.15. The lowest BCUT2D eigenvalue weighted by molar-refractivity contribution is 0.0927. The Morgan fingerprint density at radius 2 is 1.74 bits per heavy atom. The Kier molecular flexibility index (Phi) is 5.19. The molecule has 1 aliphatic rings. The maximum absolute atomic E-state index is 12.2. The summed E-state index contributed by atoms with van der Waals surface area (Å²) in [6.07, 6.45) is 8.98. The van der Waals surface area contributed by atoms with Crippen LogP contribution in [0.3, 0.4) is 0 Å². The molecule has 120 valence electrons. The smallest absolute Gasteiger partial charge is 0.254 e. The fourth-order valence-electron chi connectivity index (χ4n) is 2.83. The summed E-state index contributed by atoms with van der Waals surface area (Å²) in [6, 6.07) is 10.4. The Morgan fingerprint density at radius 3 is 2.43 bits per heavy atom. The number of hydrogen-bond donors (Lipinski definition) is 2. The first-order chi connectivity index (χ1) is 11.3. The van der Waals surface area contributed by atoms with Gasteiger partial charge in [-0.3, -0.25) is 4.79 Å². The molecule has 1 saturated carbocycles. The molecule has 0 spiro atoms. The third kappa shape index (κ3) is 4.52. The highest BCUT2D eigenvalue weighted by Crippen LogP contribution is 2.17. The Bertz CT molecular complexity index is 621. The van der Waals surface area contributed by atoms with Crippen LogP contribution in [0.25, 0.3) is 0 Å². The predicted octanol–water partition coefficient (Wildman–Crippen LogP) is 3.15. The van der Waals surface area contributed by atoms with Crippen LogP contribution in [0.15, 0.2) is 42.7 Å². The van der Waals surface area contributed by atoms with Gasteiger partial charge in [0.1, 0.15) is 0 Å². The fourth-order valence-corrected chi connectivity index (χ4v) is 2.83. The summed E-state index contributed by atoms with van der Waals surface area (Å²) in [6.45, 7) is 0.661. The maximum Gasteiger partial charge on any atom is 0.254 e. The van der Waals surface area contributed by atoms with Gasteiger partial charge in [-0.1, -0.05) is 49.6 Å². The Hall–Kier alpha value is -2.43. The van der Waals surface area contributed by atoms with Crippen molar-refractivity contribution in [3.05, 3.63) is 53.9 Å². The molecule has 2 aromatic rings. The van der Waals surface area contributed by atoms with Crippen molar-refractivity contribution in [3.8, 4) is 0 Å². The highest BCUT2D eigenvalue weighted by Gasteiger charge is 2.17. The average Bonchev–Trinajstić information content (AvgIpc) is 2.62. The van der Waals surface area contributed by atoms with Crippen LogP contribution in [-0.4, -0.2) is 21.9 Å². The Morgan fingerprint density at radius 1 is 1.04 bits per heavy atom. The second-order valence-electron chi connectivity index (χ2n) is 5.94. The number of aromatic nitrogens is 2. The van der Waals surface area contributed by atoms with Gasteiger partial charge in [0, 0.05) is 25.0 Å². The standard InChI is InChI=1S/C18H22N4O/c23-17(22-16-9-5-2-6-10-16)15-12-20-18(21-13-15)19-11-14-7-3-1-4-8-14/h1,3-4,7-8,12-13,16H,2,5-6,9-11H2,(H,22,23)(H,19,20,21). The second-order valence-corrected chi connectivity index (χ2v) is 5.94. The van der Waals surface area contributed by atoms with Gasteiger partial charge in [0.2, 0.25) is 5.95 Å². The molecule has 3 rings (SSSR count). The summed E-state index contributed by atoms with van der Waals surface area (Å²) in [5.41, 5.74) is 1.68. The zero-order valence-corrected chi connectivity index (χ0v) is 13.2. The van der Waals surface area contributed by atoms with Crippen LogP contribution in [0.1, 0.15) is 48.0 Å². The summed E-state index contributed by atoms with van der Waals surface area (Å²) in [5, 5.41) is 6.23. The number of anilines is 1. The van der Waals surface area contributed by atoms with E-state index in [1.165, 1.54) is 19.3 Å². The lowest BCUT2D eigenvalue weighted by Gasteiger charge is -2.22. The molecule has 0 saturated heterocycles. The van der Waals surface area contributed by atoms with Crippen molar-refractivity contribution in [2.45, 2.75) is 44.7 Å². The molecule has 0 atom stereocenters. The van der Waals surface area contributed by atoms with Crippen molar-refractivity contribution < 1.29 is 4.79 Å². The van der Waals surface area contributed by atoms with Gasteiger partial charge in [-0.05, 0) is 18.4 Å². The number of carbonyl (C=O) groups is 1. The molecule has 0 unspecified atom stereocenters. The van der Waals surface area contributed by atoms with E-state index in [4.69, 9.17) is 0 Å². The molecule has 0 bridgehead atoms. The van der Waals surface area contributed by atoms with Crippen LogP contribution >= 0.6 is 0 Å². The van der Waals surface area contributed by atoms with Gasteiger partial charge in [-0.25, -0.2) is 9.97 Å². The van der Waals surface area contributed by atoms with E-state index < -0.39 is 0 Å². The van der Waals surface area contributed by atoms with Crippen molar-refractivity contribution in [1.29, 1.82) is 0 Å². The number of benzene rings is 1. The monoisotopic (exact) mass is 310 g/mol. The van der Waals surface area contributed by atoms with Crippen molar-refractivity contribution in [1.82, 2.24) is 15.3 Å². The molecule has 1 fully saturated rings. The van der Waals surface area contributed by atoms with E-state index >= 15 is 0 Å². The zero-order valence-electron chi connectivity index (χ0n) is 13.2.